The number of para-hydroxylation sites is 2. The number of fused-ring (bicyclic) bond motifs is 1. The number of carbonyl (C=O) groups excluding carboxylic acids is 1. The molecule has 3 heterocycles. The molecule has 0 atom stereocenters. The zero-order valence-corrected chi connectivity index (χ0v) is 30.4. The first-order valence-corrected chi connectivity index (χ1v) is 18.1. The molecule has 3 aromatic carbocycles. The quantitative estimate of drug-likeness (QED) is 0.199. The molecule has 0 N–H and O–H groups in total. The smallest absolute Gasteiger partial charge is 0.266 e. The van der Waals surface area contributed by atoms with E-state index in [1.165, 1.54) is 12.0 Å². The first-order chi connectivity index (χ1) is 24.3. The maximum Gasteiger partial charge on any atom is 0.266 e. The van der Waals surface area contributed by atoms with Crippen LogP contribution in [0.2, 0.25) is 0 Å². The Labute approximate surface area is 296 Å². The fourth-order valence-electron chi connectivity index (χ4n) is 6.16. The van der Waals surface area contributed by atoms with Crippen LogP contribution in [0.3, 0.4) is 0 Å². The van der Waals surface area contributed by atoms with Crippen molar-refractivity contribution in [3.63, 3.8) is 0 Å². The lowest BCUT2D eigenvalue weighted by molar-refractivity contribution is -0.135. The van der Waals surface area contributed by atoms with Gasteiger partial charge in [0, 0.05) is 45.8 Å². The summed E-state index contributed by atoms with van der Waals surface area (Å²) in [6, 6.07) is 21.5. The number of amides is 1. The summed E-state index contributed by atoms with van der Waals surface area (Å²) in [4.78, 5) is 38.9. The fraction of sp³-hybridized carbons (Fsp3) is 0.475. The van der Waals surface area contributed by atoms with E-state index in [4.69, 9.17) is 19.2 Å². The third kappa shape index (κ3) is 9.71. The highest BCUT2D eigenvalue weighted by molar-refractivity contribution is 5.79. The highest BCUT2D eigenvalue weighted by atomic mass is 16.5. The minimum Gasteiger partial charge on any atom is -0.489 e. The van der Waals surface area contributed by atoms with Gasteiger partial charge in [0.1, 0.15) is 17.3 Å². The second kappa shape index (κ2) is 18.1. The lowest BCUT2D eigenvalue weighted by atomic mass is 10.1. The van der Waals surface area contributed by atoms with Gasteiger partial charge in [-0.3, -0.25) is 24.0 Å². The number of nitrogens with zero attached hydrogens (tertiary/aromatic N) is 5. The van der Waals surface area contributed by atoms with Gasteiger partial charge in [-0.25, -0.2) is 4.98 Å². The molecular weight excluding hydrogens is 630 g/mol. The first kappa shape index (κ1) is 37.0. The molecule has 50 heavy (non-hydrogen) atoms. The normalized spacial score (nSPS) is 15.5. The minimum atomic E-state index is -0.119. The number of carbonyl (C=O) groups is 1. The molecule has 0 saturated carbocycles. The van der Waals surface area contributed by atoms with Gasteiger partial charge in [0.2, 0.25) is 0 Å². The van der Waals surface area contributed by atoms with Crippen LogP contribution >= 0.6 is 0 Å². The number of aromatic nitrogens is 2. The molecule has 6 rings (SSSR count). The van der Waals surface area contributed by atoms with Crippen molar-refractivity contribution in [3.05, 3.63) is 94.0 Å². The second-order valence-corrected chi connectivity index (χ2v) is 13.2. The number of rotatable bonds is 11. The molecule has 0 spiro atoms. The standard InChI is InChI=1S/C37H45N5O5.C3H8/c1-4-28-9-12-30(13-10-28)46-26-36(43)41-17-15-39(16-18-41)25-35-38-32-14-11-29(24-40-19-21-45-22-20-40)23-31(32)37(44)42(35)33-7-5-6-8-34(33)47-27(2)3;1-3-2/h5-14,23,27H,4,15-22,24-26H2,1-3H3;3H2,1-2H3. The summed E-state index contributed by atoms with van der Waals surface area (Å²) in [6.07, 6.45) is 2.15. The number of benzene rings is 3. The Morgan fingerprint density at radius 2 is 1.50 bits per heavy atom. The molecule has 2 aliphatic rings. The summed E-state index contributed by atoms with van der Waals surface area (Å²) in [5, 5.41) is 0.582. The van der Waals surface area contributed by atoms with Gasteiger partial charge >= 0.3 is 0 Å². The van der Waals surface area contributed by atoms with Crippen molar-refractivity contribution in [2.75, 3.05) is 59.1 Å². The van der Waals surface area contributed by atoms with Crippen molar-refractivity contribution in [3.8, 4) is 17.2 Å². The highest BCUT2D eigenvalue weighted by Gasteiger charge is 2.25. The van der Waals surface area contributed by atoms with E-state index in [1.54, 1.807) is 4.57 Å². The summed E-state index contributed by atoms with van der Waals surface area (Å²) in [7, 11) is 0. The first-order valence-electron chi connectivity index (χ1n) is 18.1. The average molecular weight is 684 g/mol. The van der Waals surface area contributed by atoms with E-state index in [-0.39, 0.29) is 24.2 Å². The van der Waals surface area contributed by atoms with Gasteiger partial charge < -0.3 is 19.1 Å². The van der Waals surface area contributed by atoms with E-state index in [0.29, 0.717) is 66.6 Å². The molecule has 0 radical (unpaired) electrons. The van der Waals surface area contributed by atoms with E-state index in [9.17, 15) is 9.59 Å². The maximum absolute atomic E-state index is 14.4. The summed E-state index contributed by atoms with van der Waals surface area (Å²) < 4.78 is 19.2. The number of aryl methyl sites for hydroxylation is 1. The number of hydrogen-bond acceptors (Lipinski definition) is 8. The minimum absolute atomic E-state index is 0.0113. The molecule has 0 bridgehead atoms. The van der Waals surface area contributed by atoms with Crippen molar-refractivity contribution in [1.82, 2.24) is 24.3 Å². The molecule has 2 saturated heterocycles. The van der Waals surface area contributed by atoms with Crippen LogP contribution in [0.4, 0.5) is 0 Å². The number of morpholine rings is 1. The molecule has 10 nitrogen and oxygen atoms in total. The maximum atomic E-state index is 14.4. The predicted molar refractivity (Wildman–Crippen MR) is 198 cm³/mol. The third-order valence-electron chi connectivity index (χ3n) is 8.76. The Hall–Kier alpha value is -4.25. The highest BCUT2D eigenvalue weighted by Crippen LogP contribution is 2.26. The molecule has 1 amide bonds. The zero-order chi connectivity index (χ0) is 35.5. The fourth-order valence-corrected chi connectivity index (χ4v) is 6.16. The van der Waals surface area contributed by atoms with Gasteiger partial charge in [-0.15, -0.1) is 0 Å². The van der Waals surface area contributed by atoms with Crippen molar-refractivity contribution in [1.29, 1.82) is 0 Å². The summed E-state index contributed by atoms with van der Waals surface area (Å²) in [5.74, 6) is 1.94. The lowest BCUT2D eigenvalue weighted by Crippen LogP contribution is -2.50. The van der Waals surface area contributed by atoms with Crippen LogP contribution < -0.4 is 15.0 Å². The monoisotopic (exact) mass is 683 g/mol. The van der Waals surface area contributed by atoms with Crippen LogP contribution in [-0.4, -0.2) is 95.4 Å². The van der Waals surface area contributed by atoms with Crippen molar-refractivity contribution < 1.29 is 19.0 Å². The Morgan fingerprint density at radius 1 is 0.840 bits per heavy atom. The molecule has 10 heteroatoms. The molecule has 1 aromatic heterocycles. The Kier molecular flexibility index (Phi) is 13.4. The summed E-state index contributed by atoms with van der Waals surface area (Å²) in [5.41, 5.74) is 3.54. The molecule has 0 aliphatic carbocycles. The summed E-state index contributed by atoms with van der Waals surface area (Å²) >= 11 is 0. The van der Waals surface area contributed by atoms with Gasteiger partial charge in [0.05, 0.1) is 42.5 Å². The SMILES string of the molecule is CCC.CCc1ccc(OCC(=O)N2CCN(Cc3nc4ccc(CN5CCOCC5)cc4c(=O)n3-c3ccccc3OC(C)C)CC2)cc1. The van der Waals surface area contributed by atoms with Gasteiger partial charge in [-0.05, 0) is 67.8 Å². The van der Waals surface area contributed by atoms with Gasteiger partial charge in [-0.1, -0.05) is 57.5 Å². The molecular formula is C40H53N5O5. The van der Waals surface area contributed by atoms with Crippen molar-refractivity contribution >= 4 is 16.8 Å². The van der Waals surface area contributed by atoms with Crippen molar-refractivity contribution in [2.45, 2.75) is 66.7 Å². The third-order valence-corrected chi connectivity index (χ3v) is 8.76. The van der Waals surface area contributed by atoms with Gasteiger partial charge in [0.15, 0.2) is 6.61 Å². The van der Waals surface area contributed by atoms with Crippen LogP contribution in [0, 0.1) is 0 Å². The van der Waals surface area contributed by atoms with E-state index in [2.05, 4.69) is 36.6 Å². The topological polar surface area (TPSA) is 89.4 Å². The van der Waals surface area contributed by atoms with Crippen LogP contribution in [0.25, 0.3) is 16.6 Å². The molecule has 0 unspecified atom stereocenters. The number of hydrogen-bond donors (Lipinski definition) is 0. The Balaban J connectivity index is 0.00000156. The van der Waals surface area contributed by atoms with E-state index in [0.717, 1.165) is 44.8 Å². The molecule has 4 aromatic rings. The van der Waals surface area contributed by atoms with E-state index >= 15 is 0 Å². The molecule has 2 fully saturated rings. The zero-order valence-electron chi connectivity index (χ0n) is 30.4. The largest absolute Gasteiger partial charge is 0.489 e. The summed E-state index contributed by atoms with van der Waals surface area (Å²) in [6.45, 7) is 17.2. The Morgan fingerprint density at radius 3 is 2.18 bits per heavy atom. The molecule has 268 valence electrons. The van der Waals surface area contributed by atoms with Crippen molar-refractivity contribution in [2.24, 2.45) is 0 Å². The van der Waals surface area contributed by atoms with E-state index < -0.39 is 0 Å². The Bertz CT molecular complexity index is 1740. The predicted octanol–water partition coefficient (Wildman–Crippen LogP) is 5.71. The van der Waals surface area contributed by atoms with Crippen LogP contribution in [-0.2, 0) is 29.0 Å². The number of piperazine rings is 1. The molecule has 2 aliphatic heterocycles. The lowest BCUT2D eigenvalue weighted by Gasteiger charge is -2.34. The van der Waals surface area contributed by atoms with Gasteiger partial charge in [-0.2, -0.15) is 0 Å². The average Bonchev–Trinajstić information content (AvgIpc) is 3.12. The van der Waals surface area contributed by atoms with Gasteiger partial charge in [0.25, 0.3) is 11.5 Å². The second-order valence-electron chi connectivity index (χ2n) is 13.2. The number of ether oxygens (including phenoxy) is 3. The van der Waals surface area contributed by atoms with Crippen LogP contribution in [0.5, 0.6) is 11.5 Å². The van der Waals surface area contributed by atoms with Crippen LogP contribution in [0.1, 0.15) is 58.0 Å². The van der Waals surface area contributed by atoms with Crippen LogP contribution in [0.15, 0.2) is 71.5 Å². The van der Waals surface area contributed by atoms with E-state index in [1.807, 2.05) is 79.4 Å².